The van der Waals surface area contributed by atoms with E-state index in [1.54, 1.807) is 17.9 Å². The van der Waals surface area contributed by atoms with E-state index in [-0.39, 0.29) is 17.9 Å². The summed E-state index contributed by atoms with van der Waals surface area (Å²) in [6, 6.07) is -0.378. The average molecular weight is 222 g/mol. The van der Waals surface area contributed by atoms with Gasteiger partial charge in [-0.1, -0.05) is 18.9 Å². The van der Waals surface area contributed by atoms with E-state index >= 15 is 0 Å². The molecule has 1 atom stereocenters. The van der Waals surface area contributed by atoms with Gasteiger partial charge in [0.1, 0.15) is 11.6 Å². The number of nitrogens with one attached hydrogen (secondary N) is 1. The van der Waals surface area contributed by atoms with Gasteiger partial charge < -0.3 is 10.2 Å². The quantitative estimate of drug-likeness (QED) is 0.704. The lowest BCUT2D eigenvalue weighted by atomic mass is 9.91. The van der Waals surface area contributed by atoms with Crippen molar-refractivity contribution in [1.82, 2.24) is 10.2 Å². The van der Waals surface area contributed by atoms with Crippen molar-refractivity contribution in [1.29, 1.82) is 0 Å². The first-order valence-electron chi connectivity index (χ1n) is 5.85. The van der Waals surface area contributed by atoms with Gasteiger partial charge in [-0.25, -0.2) is 0 Å². The summed E-state index contributed by atoms with van der Waals surface area (Å²) in [7, 11) is 0. The molecule has 88 valence electrons. The molecule has 16 heavy (non-hydrogen) atoms. The molecule has 1 saturated carbocycles. The molecule has 0 aromatic carbocycles. The molecule has 2 amide bonds. The summed E-state index contributed by atoms with van der Waals surface area (Å²) in [6.45, 7) is 5.85. The van der Waals surface area contributed by atoms with Crippen molar-refractivity contribution >= 4 is 11.8 Å². The number of amides is 2. The third-order valence-electron chi connectivity index (χ3n) is 3.66. The normalized spacial score (nSPS) is 28.3. The smallest absolute Gasteiger partial charge is 0.249 e. The van der Waals surface area contributed by atoms with Crippen LogP contribution in [0.4, 0.5) is 0 Å². The average Bonchev–Trinajstić information content (AvgIpc) is 2.71. The minimum Gasteiger partial charge on any atom is -0.340 e. The third-order valence-corrected chi connectivity index (χ3v) is 3.66. The molecule has 4 nitrogen and oxygen atoms in total. The summed E-state index contributed by atoms with van der Waals surface area (Å²) in [6.07, 6.45) is 5.26. The lowest BCUT2D eigenvalue weighted by Crippen LogP contribution is -2.68. The lowest BCUT2D eigenvalue weighted by molar-refractivity contribution is -0.153. The molecule has 0 bridgehead atoms. The zero-order chi connectivity index (χ0) is 11.8. The van der Waals surface area contributed by atoms with Gasteiger partial charge in [0.25, 0.3) is 0 Å². The van der Waals surface area contributed by atoms with Crippen LogP contribution in [-0.4, -0.2) is 34.8 Å². The van der Waals surface area contributed by atoms with Crippen LogP contribution in [-0.2, 0) is 9.59 Å². The van der Waals surface area contributed by atoms with Crippen LogP contribution in [0.15, 0.2) is 12.7 Å². The molecule has 0 aromatic rings. The van der Waals surface area contributed by atoms with Crippen LogP contribution < -0.4 is 5.32 Å². The van der Waals surface area contributed by atoms with Crippen molar-refractivity contribution in [3.05, 3.63) is 12.7 Å². The van der Waals surface area contributed by atoms with Gasteiger partial charge in [-0.15, -0.1) is 6.58 Å². The van der Waals surface area contributed by atoms with E-state index in [1.807, 2.05) is 0 Å². The Morgan fingerprint density at radius 3 is 2.69 bits per heavy atom. The van der Waals surface area contributed by atoms with Gasteiger partial charge in [0.05, 0.1) is 0 Å². The Morgan fingerprint density at radius 2 is 2.12 bits per heavy atom. The highest BCUT2D eigenvalue weighted by molar-refractivity contribution is 5.99. The minimum atomic E-state index is -0.605. The molecule has 0 radical (unpaired) electrons. The molecule has 1 spiro atoms. The minimum absolute atomic E-state index is 0.0386. The second-order valence-corrected chi connectivity index (χ2v) is 4.70. The predicted octanol–water partition coefficient (Wildman–Crippen LogP) is 0.832. The van der Waals surface area contributed by atoms with Crippen molar-refractivity contribution in [3.63, 3.8) is 0 Å². The first-order valence-corrected chi connectivity index (χ1v) is 5.85. The van der Waals surface area contributed by atoms with E-state index in [4.69, 9.17) is 0 Å². The summed E-state index contributed by atoms with van der Waals surface area (Å²) in [4.78, 5) is 25.8. The summed E-state index contributed by atoms with van der Waals surface area (Å²) in [5.41, 5.74) is -0.605. The van der Waals surface area contributed by atoms with Crippen LogP contribution in [0.5, 0.6) is 0 Å². The molecule has 1 aliphatic heterocycles. The van der Waals surface area contributed by atoms with Gasteiger partial charge in [0.15, 0.2) is 0 Å². The Balaban J connectivity index is 2.27. The molecule has 4 heteroatoms. The van der Waals surface area contributed by atoms with Crippen molar-refractivity contribution in [2.24, 2.45) is 0 Å². The number of piperazine rings is 1. The molecule has 2 aliphatic rings. The highest BCUT2D eigenvalue weighted by Gasteiger charge is 2.50. The van der Waals surface area contributed by atoms with Crippen molar-refractivity contribution in [2.75, 3.05) is 6.54 Å². The molecule has 1 aliphatic carbocycles. The summed E-state index contributed by atoms with van der Waals surface area (Å²) >= 11 is 0. The molecular formula is C12H18N2O2. The monoisotopic (exact) mass is 222 g/mol. The Morgan fingerprint density at radius 1 is 1.50 bits per heavy atom. The lowest BCUT2D eigenvalue weighted by Gasteiger charge is -2.43. The standard InChI is InChI=1S/C12H18N2O2/c1-3-8-14-9(2)10(15)13-12(11(14)16)6-4-5-7-12/h3,9H,1,4-8H2,2H3,(H,13,15). The zero-order valence-electron chi connectivity index (χ0n) is 9.66. The number of carbonyl (C=O) groups is 2. The fraction of sp³-hybridized carbons (Fsp3) is 0.667. The summed E-state index contributed by atoms with van der Waals surface area (Å²) in [5, 5.41) is 2.92. The Hall–Kier alpha value is -1.32. The van der Waals surface area contributed by atoms with Crippen LogP contribution in [0, 0.1) is 0 Å². The second-order valence-electron chi connectivity index (χ2n) is 4.70. The number of rotatable bonds is 2. The molecule has 1 saturated heterocycles. The molecular weight excluding hydrogens is 204 g/mol. The fourth-order valence-corrected chi connectivity index (χ4v) is 2.68. The van der Waals surface area contributed by atoms with E-state index in [0.717, 1.165) is 25.7 Å². The van der Waals surface area contributed by atoms with Gasteiger partial charge in [0, 0.05) is 6.54 Å². The first-order chi connectivity index (χ1) is 7.60. The van der Waals surface area contributed by atoms with E-state index in [1.165, 1.54) is 0 Å². The van der Waals surface area contributed by atoms with Crippen LogP contribution in [0.1, 0.15) is 32.6 Å². The van der Waals surface area contributed by atoms with Gasteiger partial charge in [-0.05, 0) is 19.8 Å². The number of hydrogen-bond acceptors (Lipinski definition) is 2. The Labute approximate surface area is 95.7 Å². The van der Waals surface area contributed by atoms with Crippen molar-refractivity contribution < 1.29 is 9.59 Å². The zero-order valence-corrected chi connectivity index (χ0v) is 9.66. The fourth-order valence-electron chi connectivity index (χ4n) is 2.68. The van der Waals surface area contributed by atoms with Gasteiger partial charge in [0.2, 0.25) is 11.8 Å². The van der Waals surface area contributed by atoms with E-state index < -0.39 is 5.54 Å². The molecule has 2 fully saturated rings. The maximum atomic E-state index is 12.4. The van der Waals surface area contributed by atoms with Crippen LogP contribution in [0.2, 0.25) is 0 Å². The summed E-state index contributed by atoms with van der Waals surface area (Å²) in [5.74, 6) is 0.0281. The van der Waals surface area contributed by atoms with Gasteiger partial charge in [-0.2, -0.15) is 0 Å². The maximum absolute atomic E-state index is 12.4. The van der Waals surface area contributed by atoms with E-state index in [0.29, 0.717) is 6.54 Å². The summed E-state index contributed by atoms with van der Waals surface area (Å²) < 4.78 is 0. The third kappa shape index (κ3) is 1.52. The maximum Gasteiger partial charge on any atom is 0.249 e. The molecule has 1 N–H and O–H groups in total. The van der Waals surface area contributed by atoms with Crippen LogP contribution in [0.3, 0.4) is 0 Å². The van der Waals surface area contributed by atoms with Gasteiger partial charge in [-0.3, -0.25) is 9.59 Å². The van der Waals surface area contributed by atoms with E-state index in [2.05, 4.69) is 11.9 Å². The largest absolute Gasteiger partial charge is 0.340 e. The number of nitrogens with zero attached hydrogens (tertiary/aromatic N) is 1. The topological polar surface area (TPSA) is 49.4 Å². The van der Waals surface area contributed by atoms with E-state index in [9.17, 15) is 9.59 Å². The molecule has 1 unspecified atom stereocenters. The Kier molecular flexibility index (Phi) is 2.74. The molecule has 0 aromatic heterocycles. The van der Waals surface area contributed by atoms with Crippen molar-refractivity contribution in [2.45, 2.75) is 44.2 Å². The Bertz CT molecular complexity index is 332. The highest BCUT2D eigenvalue weighted by atomic mass is 16.2. The van der Waals surface area contributed by atoms with Crippen LogP contribution >= 0.6 is 0 Å². The van der Waals surface area contributed by atoms with Gasteiger partial charge >= 0.3 is 0 Å². The second kappa shape index (κ2) is 3.92. The van der Waals surface area contributed by atoms with Crippen LogP contribution in [0.25, 0.3) is 0 Å². The first kappa shape index (κ1) is 11.2. The SMILES string of the molecule is C=CCN1C(=O)C2(CCCC2)NC(=O)C1C. The highest BCUT2D eigenvalue weighted by Crippen LogP contribution is 2.34. The van der Waals surface area contributed by atoms with Crippen molar-refractivity contribution in [3.8, 4) is 0 Å². The number of carbonyl (C=O) groups excluding carboxylic acids is 2. The molecule has 1 heterocycles. The predicted molar refractivity (Wildman–Crippen MR) is 60.7 cm³/mol. The molecule has 2 rings (SSSR count). The number of hydrogen-bond donors (Lipinski definition) is 1.